The zero-order valence-corrected chi connectivity index (χ0v) is 8.32. The molecule has 2 fully saturated rings. The van der Waals surface area contributed by atoms with Gasteiger partial charge in [0.1, 0.15) is 10.8 Å². The number of fused-ring (bicyclic) bond motifs is 2. The first-order valence-electron chi connectivity index (χ1n) is 4.58. The fourth-order valence-electron chi connectivity index (χ4n) is 2.21. The number of hydrogen-bond donors (Lipinski definition) is 2. The van der Waals surface area contributed by atoms with Crippen LogP contribution in [0.5, 0.6) is 0 Å². The first kappa shape index (κ1) is 7.84. The molecular formula is C8H12N4S. The monoisotopic (exact) mass is 196 g/mol. The Morgan fingerprint density at radius 2 is 2.54 bits per heavy atom. The van der Waals surface area contributed by atoms with Crippen LogP contribution in [0.2, 0.25) is 0 Å². The molecule has 13 heavy (non-hydrogen) atoms. The van der Waals surface area contributed by atoms with Gasteiger partial charge < -0.3 is 10.6 Å². The smallest absolute Gasteiger partial charge is 0.139 e. The summed E-state index contributed by atoms with van der Waals surface area (Å²) in [6.07, 6.45) is 1.17. The summed E-state index contributed by atoms with van der Waals surface area (Å²) in [7, 11) is 0. The van der Waals surface area contributed by atoms with Gasteiger partial charge in [0.2, 0.25) is 0 Å². The number of aromatic nitrogens is 2. The Bertz CT molecular complexity index is 327. The molecule has 2 N–H and O–H groups in total. The third-order valence-corrected chi connectivity index (χ3v) is 3.92. The normalized spacial score (nSPS) is 37.2. The Hall–Kier alpha value is -0.520. The van der Waals surface area contributed by atoms with Crippen molar-refractivity contribution in [3.8, 4) is 0 Å². The molecule has 5 heteroatoms. The van der Waals surface area contributed by atoms with E-state index in [1.165, 1.54) is 18.0 Å². The molecule has 0 amide bonds. The molecule has 3 heterocycles. The van der Waals surface area contributed by atoms with Crippen molar-refractivity contribution in [2.75, 3.05) is 13.1 Å². The Kier molecular flexibility index (Phi) is 1.51. The molecule has 2 aliphatic heterocycles. The highest BCUT2D eigenvalue weighted by atomic mass is 32.1. The third-order valence-electron chi connectivity index (χ3n) is 2.91. The quantitative estimate of drug-likeness (QED) is 0.664. The maximum absolute atomic E-state index is 4.47. The second-order valence-corrected chi connectivity index (χ2v) is 4.64. The highest BCUT2D eigenvalue weighted by Crippen LogP contribution is 2.35. The number of nitrogens with one attached hydrogen (secondary N) is 2. The first-order valence-corrected chi connectivity index (χ1v) is 5.35. The van der Waals surface area contributed by atoms with Crippen LogP contribution in [0.3, 0.4) is 0 Å². The predicted molar refractivity (Wildman–Crippen MR) is 50.7 cm³/mol. The van der Waals surface area contributed by atoms with Crippen LogP contribution in [0.15, 0.2) is 0 Å². The van der Waals surface area contributed by atoms with E-state index in [-0.39, 0.29) is 5.54 Å². The summed E-state index contributed by atoms with van der Waals surface area (Å²) in [6, 6.07) is 0.643. The molecule has 2 bridgehead atoms. The minimum Gasteiger partial charge on any atom is -0.310 e. The van der Waals surface area contributed by atoms with E-state index in [2.05, 4.69) is 20.0 Å². The van der Waals surface area contributed by atoms with Gasteiger partial charge >= 0.3 is 0 Å². The highest BCUT2D eigenvalue weighted by Gasteiger charge is 2.47. The van der Waals surface area contributed by atoms with E-state index in [0.717, 1.165) is 23.9 Å². The van der Waals surface area contributed by atoms with Gasteiger partial charge in [0, 0.05) is 19.1 Å². The average molecular weight is 196 g/mol. The molecule has 1 aromatic heterocycles. The second kappa shape index (κ2) is 2.50. The fraction of sp³-hybridized carbons (Fsp3) is 0.750. The summed E-state index contributed by atoms with van der Waals surface area (Å²) in [4.78, 5) is 4.47. The van der Waals surface area contributed by atoms with E-state index in [1.807, 2.05) is 6.92 Å². The lowest BCUT2D eigenvalue weighted by Gasteiger charge is -2.24. The lowest BCUT2D eigenvalue weighted by Crippen LogP contribution is -2.47. The minimum absolute atomic E-state index is 0.108. The lowest BCUT2D eigenvalue weighted by molar-refractivity contribution is 0.390. The van der Waals surface area contributed by atoms with Gasteiger partial charge in [-0.3, -0.25) is 0 Å². The molecule has 4 nitrogen and oxygen atoms in total. The van der Waals surface area contributed by atoms with E-state index < -0.39 is 0 Å². The summed E-state index contributed by atoms with van der Waals surface area (Å²) < 4.78 is 4.24. The summed E-state index contributed by atoms with van der Waals surface area (Å²) in [6.45, 7) is 4.02. The van der Waals surface area contributed by atoms with Crippen LogP contribution in [0.4, 0.5) is 0 Å². The number of piperazine rings is 1. The Balaban J connectivity index is 2.00. The molecule has 70 valence electrons. The zero-order chi connectivity index (χ0) is 8.89. The van der Waals surface area contributed by atoms with Gasteiger partial charge in [-0.05, 0) is 24.9 Å². The molecule has 0 spiro atoms. The standard InChI is InChI=1S/C8H12N4S/c1-5-11-7(13-12-5)8-2-6(3-10-8)9-4-8/h6,9-10H,2-4H2,1H3. The van der Waals surface area contributed by atoms with Crippen molar-refractivity contribution in [1.29, 1.82) is 0 Å². The molecule has 0 aromatic carbocycles. The van der Waals surface area contributed by atoms with E-state index in [4.69, 9.17) is 0 Å². The van der Waals surface area contributed by atoms with E-state index >= 15 is 0 Å². The predicted octanol–water partition coefficient (Wildman–Crippen LogP) is 0.00692. The maximum Gasteiger partial charge on any atom is 0.139 e. The fourth-order valence-corrected chi connectivity index (χ4v) is 3.05. The van der Waals surface area contributed by atoms with Crippen molar-refractivity contribution in [2.24, 2.45) is 0 Å². The van der Waals surface area contributed by atoms with E-state index in [0.29, 0.717) is 6.04 Å². The van der Waals surface area contributed by atoms with Crippen LogP contribution >= 0.6 is 11.5 Å². The van der Waals surface area contributed by atoms with Crippen LogP contribution in [0.25, 0.3) is 0 Å². The van der Waals surface area contributed by atoms with Crippen molar-refractivity contribution in [2.45, 2.75) is 24.9 Å². The molecule has 3 rings (SSSR count). The van der Waals surface area contributed by atoms with Gasteiger partial charge in [-0.15, -0.1) is 0 Å². The molecule has 2 unspecified atom stereocenters. The first-order chi connectivity index (χ1) is 6.28. The van der Waals surface area contributed by atoms with Crippen LogP contribution in [0, 0.1) is 6.92 Å². The maximum atomic E-state index is 4.47. The molecule has 2 aliphatic rings. The summed E-state index contributed by atoms with van der Waals surface area (Å²) in [5, 5.41) is 8.18. The summed E-state index contributed by atoms with van der Waals surface area (Å²) in [5.74, 6) is 0.895. The van der Waals surface area contributed by atoms with Gasteiger partial charge in [0.05, 0.1) is 5.54 Å². The van der Waals surface area contributed by atoms with Crippen molar-refractivity contribution < 1.29 is 0 Å². The van der Waals surface area contributed by atoms with Crippen LogP contribution in [-0.2, 0) is 5.54 Å². The van der Waals surface area contributed by atoms with Gasteiger partial charge in [-0.1, -0.05) is 0 Å². The van der Waals surface area contributed by atoms with Gasteiger partial charge in [-0.2, -0.15) is 4.37 Å². The number of hydrogen-bond acceptors (Lipinski definition) is 5. The van der Waals surface area contributed by atoms with E-state index in [1.54, 1.807) is 0 Å². The molecule has 2 saturated heterocycles. The Morgan fingerprint density at radius 1 is 1.62 bits per heavy atom. The van der Waals surface area contributed by atoms with Crippen LogP contribution in [-0.4, -0.2) is 28.5 Å². The zero-order valence-electron chi connectivity index (χ0n) is 7.50. The third kappa shape index (κ3) is 1.04. The minimum atomic E-state index is 0.108. The van der Waals surface area contributed by atoms with Crippen LogP contribution < -0.4 is 10.6 Å². The van der Waals surface area contributed by atoms with Crippen molar-refractivity contribution in [3.63, 3.8) is 0 Å². The molecule has 0 radical (unpaired) electrons. The molecule has 0 aliphatic carbocycles. The lowest BCUT2D eigenvalue weighted by atomic mass is 10.0. The van der Waals surface area contributed by atoms with Crippen molar-refractivity contribution in [3.05, 3.63) is 10.8 Å². The second-order valence-electron chi connectivity index (χ2n) is 3.89. The topological polar surface area (TPSA) is 49.8 Å². The van der Waals surface area contributed by atoms with Crippen molar-refractivity contribution in [1.82, 2.24) is 20.0 Å². The van der Waals surface area contributed by atoms with Crippen LogP contribution in [0.1, 0.15) is 17.3 Å². The number of nitrogens with zero attached hydrogens (tertiary/aromatic N) is 2. The SMILES string of the molecule is Cc1nsc(C23CNC(CN2)C3)n1. The summed E-state index contributed by atoms with van der Waals surface area (Å²) in [5.41, 5.74) is 0.108. The molecular weight excluding hydrogens is 184 g/mol. The summed E-state index contributed by atoms with van der Waals surface area (Å²) >= 11 is 1.53. The van der Waals surface area contributed by atoms with Gasteiger partial charge in [0.25, 0.3) is 0 Å². The highest BCUT2D eigenvalue weighted by molar-refractivity contribution is 7.05. The number of aryl methyl sites for hydroxylation is 1. The van der Waals surface area contributed by atoms with Crippen molar-refractivity contribution >= 4 is 11.5 Å². The van der Waals surface area contributed by atoms with Gasteiger partial charge in [-0.25, -0.2) is 4.98 Å². The molecule has 2 atom stereocenters. The molecule has 0 saturated carbocycles. The largest absolute Gasteiger partial charge is 0.310 e. The van der Waals surface area contributed by atoms with Gasteiger partial charge in [0.15, 0.2) is 0 Å². The molecule has 1 aromatic rings. The average Bonchev–Trinajstić information content (AvgIpc) is 2.77. The van der Waals surface area contributed by atoms with E-state index in [9.17, 15) is 0 Å². The Labute approximate surface area is 80.9 Å². The Morgan fingerprint density at radius 3 is 3.00 bits per heavy atom. The number of rotatable bonds is 1.